The Kier molecular flexibility index (Phi) is 7.26. The molecule has 8 heteroatoms. The minimum absolute atomic E-state index is 0.140. The molecule has 0 spiro atoms. The molecule has 1 amide bonds. The molecule has 0 radical (unpaired) electrons. The number of nitrogens with zero attached hydrogens (tertiary/aromatic N) is 3. The highest BCUT2D eigenvalue weighted by Crippen LogP contribution is 2.23. The first-order chi connectivity index (χ1) is 14.1. The molecule has 0 aliphatic heterocycles. The standard InChI is InChI=1S/C21H24N4O3S/c1-3-28-18-11-9-16(10-12-18)22-20(27)14-29-21-24-23-19(13-15(2)26)25(21)17-7-5-4-6-8-17/h4-12,15,26H,3,13-14H2,1-2H3,(H,22,27)/t15-/m1/s1. The number of aliphatic hydroxyl groups is 1. The van der Waals surface area contributed by atoms with Gasteiger partial charge in [0.05, 0.1) is 18.5 Å². The molecule has 0 aliphatic carbocycles. The maximum absolute atomic E-state index is 12.4. The summed E-state index contributed by atoms with van der Waals surface area (Å²) in [4.78, 5) is 12.4. The van der Waals surface area contributed by atoms with Crippen molar-refractivity contribution in [3.8, 4) is 11.4 Å². The van der Waals surface area contributed by atoms with Crippen molar-refractivity contribution in [3.05, 3.63) is 60.4 Å². The number of thioether (sulfide) groups is 1. The van der Waals surface area contributed by atoms with Crippen LogP contribution in [0.5, 0.6) is 5.75 Å². The molecule has 0 unspecified atom stereocenters. The molecule has 1 heterocycles. The summed E-state index contributed by atoms with van der Waals surface area (Å²) < 4.78 is 7.28. The third-order valence-corrected chi connectivity index (χ3v) is 4.90. The van der Waals surface area contributed by atoms with Crippen LogP contribution in [0.2, 0.25) is 0 Å². The summed E-state index contributed by atoms with van der Waals surface area (Å²) in [6, 6.07) is 16.9. The molecule has 152 valence electrons. The smallest absolute Gasteiger partial charge is 0.234 e. The van der Waals surface area contributed by atoms with Crippen LogP contribution in [-0.4, -0.2) is 44.2 Å². The highest BCUT2D eigenvalue weighted by atomic mass is 32.2. The second-order valence-corrected chi connectivity index (χ2v) is 7.36. The number of rotatable bonds is 9. The van der Waals surface area contributed by atoms with E-state index in [-0.39, 0.29) is 11.7 Å². The van der Waals surface area contributed by atoms with Gasteiger partial charge in [-0.25, -0.2) is 0 Å². The first-order valence-corrected chi connectivity index (χ1v) is 10.4. The number of para-hydroxylation sites is 1. The van der Waals surface area contributed by atoms with Gasteiger partial charge in [0.25, 0.3) is 0 Å². The minimum atomic E-state index is -0.539. The molecule has 0 bridgehead atoms. The van der Waals surface area contributed by atoms with E-state index in [1.54, 1.807) is 19.1 Å². The number of hydrogen-bond donors (Lipinski definition) is 2. The van der Waals surface area contributed by atoms with Gasteiger partial charge in [-0.05, 0) is 50.2 Å². The highest BCUT2D eigenvalue weighted by Gasteiger charge is 2.17. The molecule has 1 aromatic heterocycles. The summed E-state index contributed by atoms with van der Waals surface area (Å²) in [7, 11) is 0. The van der Waals surface area contributed by atoms with E-state index in [4.69, 9.17) is 4.74 Å². The van der Waals surface area contributed by atoms with Crippen molar-refractivity contribution < 1.29 is 14.6 Å². The third kappa shape index (κ3) is 5.82. The van der Waals surface area contributed by atoms with E-state index in [0.717, 1.165) is 11.4 Å². The van der Waals surface area contributed by atoms with E-state index in [2.05, 4.69) is 15.5 Å². The lowest BCUT2D eigenvalue weighted by Crippen LogP contribution is -2.15. The van der Waals surface area contributed by atoms with Gasteiger partial charge < -0.3 is 15.2 Å². The van der Waals surface area contributed by atoms with Crippen LogP contribution in [0.3, 0.4) is 0 Å². The predicted molar refractivity (Wildman–Crippen MR) is 114 cm³/mol. The summed E-state index contributed by atoms with van der Waals surface area (Å²) in [5.41, 5.74) is 1.60. The Hall–Kier alpha value is -2.84. The molecule has 1 atom stereocenters. The second kappa shape index (κ2) is 10.1. The van der Waals surface area contributed by atoms with Crippen LogP contribution in [0.15, 0.2) is 59.8 Å². The molecule has 29 heavy (non-hydrogen) atoms. The van der Waals surface area contributed by atoms with Gasteiger partial charge in [0.2, 0.25) is 5.91 Å². The third-order valence-electron chi connectivity index (χ3n) is 3.97. The number of aliphatic hydroxyl groups excluding tert-OH is 1. The van der Waals surface area contributed by atoms with Gasteiger partial charge in [-0.15, -0.1) is 10.2 Å². The van der Waals surface area contributed by atoms with Gasteiger partial charge in [-0.3, -0.25) is 9.36 Å². The number of hydrogen-bond acceptors (Lipinski definition) is 6. The van der Waals surface area contributed by atoms with Crippen LogP contribution < -0.4 is 10.1 Å². The van der Waals surface area contributed by atoms with Gasteiger partial charge in [0, 0.05) is 17.8 Å². The number of anilines is 1. The first kappa shape index (κ1) is 20.9. The summed E-state index contributed by atoms with van der Waals surface area (Å²) in [6.07, 6.45) is -0.164. The van der Waals surface area contributed by atoms with Crippen molar-refractivity contribution in [1.82, 2.24) is 14.8 Å². The maximum atomic E-state index is 12.4. The molecule has 2 aromatic carbocycles. The Morgan fingerprint density at radius 1 is 1.17 bits per heavy atom. The lowest BCUT2D eigenvalue weighted by atomic mass is 10.2. The molecule has 0 fully saturated rings. The second-order valence-electron chi connectivity index (χ2n) is 6.42. The number of ether oxygens (including phenoxy) is 1. The zero-order valence-corrected chi connectivity index (χ0v) is 17.2. The highest BCUT2D eigenvalue weighted by molar-refractivity contribution is 7.99. The maximum Gasteiger partial charge on any atom is 0.234 e. The van der Waals surface area contributed by atoms with Gasteiger partial charge in [0.15, 0.2) is 5.16 Å². The summed E-state index contributed by atoms with van der Waals surface area (Å²) in [6.45, 7) is 4.23. The monoisotopic (exact) mass is 412 g/mol. The van der Waals surface area contributed by atoms with E-state index in [1.807, 2.05) is 54.0 Å². The number of benzene rings is 2. The molecule has 3 aromatic rings. The number of aromatic nitrogens is 3. The molecule has 0 saturated carbocycles. The van der Waals surface area contributed by atoms with E-state index >= 15 is 0 Å². The van der Waals surface area contributed by atoms with Crippen LogP contribution in [-0.2, 0) is 11.2 Å². The van der Waals surface area contributed by atoms with Gasteiger partial charge in [-0.2, -0.15) is 0 Å². The number of carbonyl (C=O) groups excluding carboxylic acids is 1. The lowest BCUT2D eigenvalue weighted by Gasteiger charge is -2.11. The van der Waals surface area contributed by atoms with Crippen LogP contribution in [0.1, 0.15) is 19.7 Å². The molecule has 3 rings (SSSR count). The first-order valence-electron chi connectivity index (χ1n) is 9.40. The number of nitrogens with one attached hydrogen (secondary N) is 1. The topological polar surface area (TPSA) is 89.3 Å². The zero-order valence-electron chi connectivity index (χ0n) is 16.4. The number of carbonyl (C=O) groups is 1. The van der Waals surface area contributed by atoms with E-state index < -0.39 is 6.10 Å². The van der Waals surface area contributed by atoms with Crippen LogP contribution in [0.25, 0.3) is 5.69 Å². The molecular weight excluding hydrogens is 388 g/mol. The Morgan fingerprint density at radius 3 is 2.55 bits per heavy atom. The minimum Gasteiger partial charge on any atom is -0.494 e. The Bertz CT molecular complexity index is 927. The molecule has 7 nitrogen and oxygen atoms in total. The summed E-state index contributed by atoms with van der Waals surface area (Å²) >= 11 is 1.30. The summed E-state index contributed by atoms with van der Waals surface area (Å²) in [5.74, 6) is 1.47. The predicted octanol–water partition coefficient (Wildman–Crippen LogP) is 3.32. The van der Waals surface area contributed by atoms with E-state index in [0.29, 0.717) is 29.7 Å². The number of amides is 1. The van der Waals surface area contributed by atoms with Gasteiger partial charge >= 0.3 is 0 Å². The van der Waals surface area contributed by atoms with Crippen molar-refractivity contribution >= 4 is 23.4 Å². The average Bonchev–Trinajstić information content (AvgIpc) is 3.10. The Balaban J connectivity index is 1.68. The largest absolute Gasteiger partial charge is 0.494 e. The van der Waals surface area contributed by atoms with E-state index in [9.17, 15) is 9.90 Å². The van der Waals surface area contributed by atoms with Crippen molar-refractivity contribution in [2.45, 2.75) is 31.5 Å². The van der Waals surface area contributed by atoms with Gasteiger partial charge in [-0.1, -0.05) is 30.0 Å². The fraction of sp³-hybridized carbons (Fsp3) is 0.286. The molecule has 2 N–H and O–H groups in total. The van der Waals surface area contributed by atoms with Gasteiger partial charge in [0.1, 0.15) is 11.6 Å². The van der Waals surface area contributed by atoms with Crippen molar-refractivity contribution in [2.24, 2.45) is 0 Å². The van der Waals surface area contributed by atoms with E-state index in [1.165, 1.54) is 11.8 Å². The quantitative estimate of drug-likeness (QED) is 0.524. The van der Waals surface area contributed by atoms with Crippen LogP contribution in [0, 0.1) is 0 Å². The zero-order chi connectivity index (χ0) is 20.6. The lowest BCUT2D eigenvalue weighted by molar-refractivity contribution is -0.113. The molecular formula is C21H24N4O3S. The van der Waals surface area contributed by atoms with Crippen LogP contribution in [0.4, 0.5) is 5.69 Å². The Morgan fingerprint density at radius 2 is 1.90 bits per heavy atom. The van der Waals surface area contributed by atoms with Crippen molar-refractivity contribution in [2.75, 3.05) is 17.7 Å². The fourth-order valence-electron chi connectivity index (χ4n) is 2.75. The fourth-order valence-corrected chi connectivity index (χ4v) is 3.53. The van der Waals surface area contributed by atoms with Crippen molar-refractivity contribution in [3.63, 3.8) is 0 Å². The molecule has 0 saturated heterocycles. The normalized spacial score (nSPS) is 11.8. The summed E-state index contributed by atoms with van der Waals surface area (Å²) in [5, 5.41) is 21.7. The molecule has 0 aliphatic rings. The van der Waals surface area contributed by atoms with Crippen molar-refractivity contribution in [1.29, 1.82) is 0 Å². The van der Waals surface area contributed by atoms with Crippen LogP contribution >= 0.6 is 11.8 Å². The SMILES string of the molecule is CCOc1ccc(NC(=O)CSc2nnc(C[C@@H](C)O)n2-c2ccccc2)cc1. The Labute approximate surface area is 174 Å². The average molecular weight is 413 g/mol.